The summed E-state index contributed by atoms with van der Waals surface area (Å²) in [6, 6.07) is 13.0. The van der Waals surface area contributed by atoms with Crippen LogP contribution in [0.2, 0.25) is 0 Å². The van der Waals surface area contributed by atoms with Crippen LogP contribution >= 0.6 is 0 Å². The van der Waals surface area contributed by atoms with E-state index in [1.807, 2.05) is 12.1 Å². The summed E-state index contributed by atoms with van der Waals surface area (Å²) in [5.74, 6) is 0.00233. The molecule has 2 amide bonds. The third-order valence-electron chi connectivity index (χ3n) is 7.65. The molecule has 1 N–H and O–H groups in total. The zero-order valence-electron chi connectivity index (χ0n) is 22.3. The van der Waals surface area contributed by atoms with Crippen LogP contribution in [0.25, 0.3) is 0 Å². The lowest BCUT2D eigenvalue weighted by molar-refractivity contribution is -0.150. The SMILES string of the molecule is COC(=O)c1ccc([C@@H](C(=O)NC2CCCCC2)N(C[C@H]2CCCO2)C(=O)[C@@H]2COc3ccccc3O2)cc1. The fourth-order valence-electron chi connectivity index (χ4n) is 5.58. The lowest BCUT2D eigenvalue weighted by atomic mass is 9.94. The van der Waals surface area contributed by atoms with Gasteiger partial charge in [0.05, 0.1) is 18.8 Å². The second-order valence-electron chi connectivity index (χ2n) is 10.3. The van der Waals surface area contributed by atoms with E-state index in [9.17, 15) is 14.4 Å². The Morgan fingerprint density at radius 1 is 0.974 bits per heavy atom. The average molecular weight is 537 g/mol. The molecule has 1 aliphatic carbocycles. The first-order chi connectivity index (χ1) is 19.0. The van der Waals surface area contributed by atoms with Crippen LogP contribution in [-0.4, -0.2) is 67.8 Å². The second-order valence-corrected chi connectivity index (χ2v) is 10.3. The summed E-state index contributed by atoms with van der Waals surface area (Å²) in [6.45, 7) is 0.897. The maximum atomic E-state index is 14.1. The molecule has 1 saturated carbocycles. The molecule has 9 nitrogen and oxygen atoms in total. The highest BCUT2D eigenvalue weighted by atomic mass is 16.6. The van der Waals surface area contributed by atoms with Crippen molar-refractivity contribution in [2.75, 3.05) is 26.9 Å². The highest BCUT2D eigenvalue weighted by Crippen LogP contribution is 2.33. The minimum absolute atomic E-state index is 0.0378. The molecule has 39 heavy (non-hydrogen) atoms. The van der Waals surface area contributed by atoms with Crippen LogP contribution in [0.15, 0.2) is 48.5 Å². The Labute approximate surface area is 228 Å². The molecule has 2 aromatic carbocycles. The number of esters is 1. The van der Waals surface area contributed by atoms with Crippen LogP contribution in [0.4, 0.5) is 0 Å². The molecule has 208 valence electrons. The summed E-state index contributed by atoms with van der Waals surface area (Å²) in [5.41, 5.74) is 0.963. The largest absolute Gasteiger partial charge is 0.485 e. The predicted molar refractivity (Wildman–Crippen MR) is 143 cm³/mol. The van der Waals surface area contributed by atoms with Crippen LogP contribution in [-0.2, 0) is 19.1 Å². The Balaban J connectivity index is 1.47. The topological polar surface area (TPSA) is 103 Å². The number of carbonyl (C=O) groups excluding carboxylic acids is 3. The summed E-state index contributed by atoms with van der Waals surface area (Å²) in [7, 11) is 1.32. The molecule has 0 aromatic heterocycles. The van der Waals surface area contributed by atoms with E-state index in [2.05, 4.69) is 5.32 Å². The van der Waals surface area contributed by atoms with E-state index >= 15 is 0 Å². The van der Waals surface area contributed by atoms with Crippen molar-refractivity contribution < 1.29 is 33.3 Å². The van der Waals surface area contributed by atoms with Gasteiger partial charge in [-0.05, 0) is 55.5 Å². The maximum Gasteiger partial charge on any atom is 0.337 e. The van der Waals surface area contributed by atoms with Crippen molar-refractivity contribution in [3.8, 4) is 11.5 Å². The molecule has 3 aliphatic rings. The zero-order chi connectivity index (χ0) is 27.2. The lowest BCUT2D eigenvalue weighted by Crippen LogP contribution is -2.54. The minimum atomic E-state index is -0.934. The van der Waals surface area contributed by atoms with Crippen LogP contribution < -0.4 is 14.8 Å². The molecule has 2 aromatic rings. The molecule has 2 aliphatic heterocycles. The first-order valence-corrected chi connectivity index (χ1v) is 13.8. The summed E-state index contributed by atoms with van der Waals surface area (Å²) in [6.07, 6.45) is 5.71. The number of benzene rings is 2. The normalized spacial score (nSPS) is 21.6. The van der Waals surface area contributed by atoms with Gasteiger partial charge in [0, 0.05) is 19.2 Å². The molecule has 5 rings (SSSR count). The Morgan fingerprint density at radius 2 is 1.72 bits per heavy atom. The first-order valence-electron chi connectivity index (χ1n) is 13.8. The van der Waals surface area contributed by atoms with Gasteiger partial charge in [-0.2, -0.15) is 0 Å². The summed E-state index contributed by atoms with van der Waals surface area (Å²) in [4.78, 5) is 41.7. The van der Waals surface area contributed by atoms with Crippen LogP contribution in [0.3, 0.4) is 0 Å². The molecule has 1 saturated heterocycles. The number of carbonyl (C=O) groups is 3. The van der Waals surface area contributed by atoms with Gasteiger partial charge >= 0.3 is 5.97 Å². The number of methoxy groups -OCH3 is 1. The number of hydrogen-bond acceptors (Lipinski definition) is 7. The van der Waals surface area contributed by atoms with Gasteiger partial charge in [0.1, 0.15) is 12.6 Å². The number of nitrogens with one attached hydrogen (secondary N) is 1. The second kappa shape index (κ2) is 12.5. The highest BCUT2D eigenvalue weighted by molar-refractivity contribution is 5.92. The van der Waals surface area contributed by atoms with Gasteiger partial charge in [-0.25, -0.2) is 4.79 Å². The quantitative estimate of drug-likeness (QED) is 0.512. The Kier molecular flexibility index (Phi) is 8.66. The smallest absolute Gasteiger partial charge is 0.337 e. The van der Waals surface area contributed by atoms with Crippen molar-refractivity contribution in [2.24, 2.45) is 0 Å². The maximum absolute atomic E-state index is 14.1. The molecule has 0 bridgehead atoms. The van der Waals surface area contributed by atoms with Crippen molar-refractivity contribution >= 4 is 17.8 Å². The molecule has 2 heterocycles. The van der Waals surface area contributed by atoms with Crippen LogP contribution in [0.5, 0.6) is 11.5 Å². The number of ether oxygens (including phenoxy) is 4. The van der Waals surface area contributed by atoms with Gasteiger partial charge in [-0.3, -0.25) is 9.59 Å². The Hall–Kier alpha value is -3.59. The molecule has 0 unspecified atom stereocenters. The zero-order valence-corrected chi connectivity index (χ0v) is 22.3. The summed E-state index contributed by atoms with van der Waals surface area (Å²) in [5, 5.41) is 3.21. The summed E-state index contributed by atoms with van der Waals surface area (Å²) >= 11 is 0. The van der Waals surface area contributed by atoms with Gasteiger partial charge in [0.25, 0.3) is 5.91 Å². The minimum Gasteiger partial charge on any atom is -0.485 e. The first kappa shape index (κ1) is 27.0. The Bertz CT molecular complexity index is 1160. The van der Waals surface area contributed by atoms with Crippen molar-refractivity contribution in [2.45, 2.75) is 69.2 Å². The predicted octanol–water partition coefficient (Wildman–Crippen LogP) is 3.81. The fourth-order valence-corrected chi connectivity index (χ4v) is 5.58. The number of fused-ring (bicyclic) bond motifs is 1. The van der Waals surface area contributed by atoms with Crippen molar-refractivity contribution in [1.29, 1.82) is 0 Å². The van der Waals surface area contributed by atoms with E-state index in [1.54, 1.807) is 41.3 Å². The number of hydrogen-bond donors (Lipinski definition) is 1. The van der Waals surface area contributed by atoms with Crippen LogP contribution in [0, 0.1) is 0 Å². The van der Waals surface area contributed by atoms with E-state index in [1.165, 1.54) is 7.11 Å². The molecule has 2 fully saturated rings. The molecular weight excluding hydrogens is 500 g/mol. The summed E-state index contributed by atoms with van der Waals surface area (Å²) < 4.78 is 22.7. The average Bonchev–Trinajstić information content (AvgIpc) is 3.50. The Morgan fingerprint density at radius 3 is 2.41 bits per heavy atom. The van der Waals surface area contributed by atoms with Gasteiger partial charge in [0.15, 0.2) is 11.5 Å². The van der Waals surface area contributed by atoms with Crippen molar-refractivity contribution in [3.63, 3.8) is 0 Å². The van der Waals surface area contributed by atoms with Crippen molar-refractivity contribution in [1.82, 2.24) is 10.2 Å². The lowest BCUT2D eigenvalue weighted by Gasteiger charge is -2.37. The highest BCUT2D eigenvalue weighted by Gasteiger charge is 2.40. The molecule has 9 heteroatoms. The van der Waals surface area contributed by atoms with Crippen molar-refractivity contribution in [3.05, 3.63) is 59.7 Å². The monoisotopic (exact) mass is 536 g/mol. The third kappa shape index (κ3) is 6.36. The molecular formula is C30H36N2O7. The molecule has 0 radical (unpaired) electrons. The van der Waals surface area contributed by atoms with Gasteiger partial charge in [-0.15, -0.1) is 0 Å². The standard InChI is InChI=1S/C30H36N2O7/c1-36-30(35)21-15-13-20(14-16-21)27(28(33)31-22-8-3-2-4-9-22)32(18-23-10-7-17-37-23)29(34)26-19-38-24-11-5-6-12-25(24)39-26/h5-6,11-16,22-23,26-27H,2-4,7-10,17-19H2,1H3,(H,31,33)/t23-,26+,27+/m1/s1. The fraction of sp³-hybridized carbons (Fsp3) is 0.500. The third-order valence-corrected chi connectivity index (χ3v) is 7.65. The van der Waals surface area contributed by atoms with Gasteiger partial charge < -0.3 is 29.2 Å². The number of para-hydroxylation sites is 2. The number of rotatable bonds is 8. The van der Waals surface area contributed by atoms with E-state index in [0.717, 1.165) is 44.9 Å². The van der Waals surface area contributed by atoms with Gasteiger partial charge in [-0.1, -0.05) is 43.5 Å². The molecule has 3 atom stereocenters. The van der Waals surface area contributed by atoms with Gasteiger partial charge in [0.2, 0.25) is 12.0 Å². The van der Waals surface area contributed by atoms with E-state index < -0.39 is 18.1 Å². The van der Waals surface area contributed by atoms with E-state index in [4.69, 9.17) is 18.9 Å². The number of nitrogens with zero attached hydrogens (tertiary/aromatic N) is 1. The van der Waals surface area contributed by atoms with E-state index in [-0.39, 0.29) is 37.1 Å². The number of amides is 2. The van der Waals surface area contributed by atoms with E-state index in [0.29, 0.717) is 29.2 Å². The van der Waals surface area contributed by atoms with Crippen LogP contribution in [0.1, 0.15) is 66.9 Å². The molecule has 0 spiro atoms.